The standard InChI is InChI=1S/C11H14ClN3O2/c1-3-13-10(7-15(16)17)8(2)9-4-5-11(12)14-6-9/h4-8,13H,3H2,1-2H3. The molecule has 1 aromatic rings. The van der Waals surface area contributed by atoms with E-state index < -0.39 is 4.92 Å². The van der Waals surface area contributed by atoms with Crippen molar-refractivity contribution in [2.24, 2.45) is 0 Å². The van der Waals surface area contributed by atoms with E-state index in [4.69, 9.17) is 11.6 Å². The predicted molar refractivity (Wildman–Crippen MR) is 66.4 cm³/mol. The van der Waals surface area contributed by atoms with Crippen LogP contribution in [0.3, 0.4) is 0 Å². The molecule has 0 radical (unpaired) electrons. The number of hydrogen-bond donors (Lipinski definition) is 1. The number of aromatic nitrogens is 1. The second-order valence-electron chi connectivity index (χ2n) is 3.54. The Labute approximate surface area is 105 Å². The minimum absolute atomic E-state index is 0.120. The van der Waals surface area contributed by atoms with Crippen LogP contribution in [0.2, 0.25) is 5.15 Å². The summed E-state index contributed by atoms with van der Waals surface area (Å²) in [4.78, 5) is 14.0. The number of rotatable bonds is 5. The Balaban J connectivity index is 2.95. The second-order valence-corrected chi connectivity index (χ2v) is 3.92. The summed E-state index contributed by atoms with van der Waals surface area (Å²) >= 11 is 5.69. The molecule has 6 heteroatoms. The largest absolute Gasteiger partial charge is 0.383 e. The van der Waals surface area contributed by atoms with Crippen molar-refractivity contribution in [2.75, 3.05) is 6.54 Å². The lowest BCUT2D eigenvalue weighted by Crippen LogP contribution is -2.18. The minimum Gasteiger partial charge on any atom is -0.383 e. The summed E-state index contributed by atoms with van der Waals surface area (Å²) in [7, 11) is 0. The van der Waals surface area contributed by atoms with Crippen LogP contribution >= 0.6 is 11.6 Å². The molecule has 1 unspecified atom stereocenters. The van der Waals surface area contributed by atoms with E-state index in [0.717, 1.165) is 11.8 Å². The number of nitrogens with one attached hydrogen (secondary N) is 1. The first-order valence-electron chi connectivity index (χ1n) is 5.25. The molecular formula is C11H14ClN3O2. The minimum atomic E-state index is -0.460. The Morgan fingerprint density at radius 1 is 1.71 bits per heavy atom. The highest BCUT2D eigenvalue weighted by Gasteiger charge is 2.14. The van der Waals surface area contributed by atoms with Crippen molar-refractivity contribution < 1.29 is 4.92 Å². The van der Waals surface area contributed by atoms with Crippen LogP contribution in [0.15, 0.2) is 30.2 Å². The fraction of sp³-hybridized carbons (Fsp3) is 0.364. The van der Waals surface area contributed by atoms with Gasteiger partial charge in [-0.1, -0.05) is 24.6 Å². The Morgan fingerprint density at radius 2 is 2.41 bits per heavy atom. The van der Waals surface area contributed by atoms with Gasteiger partial charge in [-0.05, 0) is 18.6 Å². The monoisotopic (exact) mass is 255 g/mol. The topological polar surface area (TPSA) is 68.1 Å². The van der Waals surface area contributed by atoms with E-state index in [1.165, 1.54) is 0 Å². The van der Waals surface area contributed by atoms with Gasteiger partial charge in [0.2, 0.25) is 0 Å². The second kappa shape index (κ2) is 6.20. The number of nitro groups is 1. The summed E-state index contributed by atoms with van der Waals surface area (Å²) in [6.45, 7) is 4.40. The van der Waals surface area contributed by atoms with E-state index in [1.807, 2.05) is 19.9 Å². The van der Waals surface area contributed by atoms with Gasteiger partial charge in [0, 0.05) is 18.7 Å². The van der Waals surface area contributed by atoms with Gasteiger partial charge < -0.3 is 5.32 Å². The Morgan fingerprint density at radius 3 is 2.88 bits per heavy atom. The van der Waals surface area contributed by atoms with Gasteiger partial charge in [-0.25, -0.2) is 4.98 Å². The fourth-order valence-electron chi connectivity index (χ4n) is 1.45. The van der Waals surface area contributed by atoms with Crippen LogP contribution < -0.4 is 5.32 Å². The highest BCUT2D eigenvalue weighted by atomic mass is 35.5. The molecular weight excluding hydrogens is 242 g/mol. The maximum Gasteiger partial charge on any atom is 0.253 e. The van der Waals surface area contributed by atoms with E-state index in [9.17, 15) is 10.1 Å². The van der Waals surface area contributed by atoms with Crippen molar-refractivity contribution >= 4 is 11.6 Å². The van der Waals surface area contributed by atoms with Crippen LogP contribution in [-0.2, 0) is 0 Å². The van der Waals surface area contributed by atoms with E-state index in [-0.39, 0.29) is 5.92 Å². The normalized spacial score (nSPS) is 13.2. The van der Waals surface area contributed by atoms with E-state index in [2.05, 4.69) is 10.3 Å². The van der Waals surface area contributed by atoms with Crippen molar-refractivity contribution in [2.45, 2.75) is 19.8 Å². The third-order valence-electron chi connectivity index (χ3n) is 2.34. The van der Waals surface area contributed by atoms with Gasteiger partial charge in [0.25, 0.3) is 6.20 Å². The first kappa shape index (κ1) is 13.4. The van der Waals surface area contributed by atoms with Crippen LogP contribution in [-0.4, -0.2) is 16.5 Å². The third kappa shape index (κ3) is 4.03. The van der Waals surface area contributed by atoms with E-state index >= 15 is 0 Å². The SMILES string of the molecule is CCNC(=C[N+](=O)[O-])C(C)c1ccc(Cl)nc1. The molecule has 0 spiro atoms. The van der Waals surface area contributed by atoms with E-state index in [1.54, 1.807) is 12.3 Å². The molecule has 0 aromatic carbocycles. The molecule has 5 nitrogen and oxygen atoms in total. The molecule has 1 N–H and O–H groups in total. The predicted octanol–water partition coefficient (Wildman–Crippen LogP) is 2.57. The van der Waals surface area contributed by atoms with Crippen LogP contribution in [0.25, 0.3) is 0 Å². The number of allylic oxidation sites excluding steroid dienone is 1. The Hall–Kier alpha value is -1.62. The quantitative estimate of drug-likeness (QED) is 0.499. The molecule has 1 rings (SSSR count). The van der Waals surface area contributed by atoms with Crippen molar-refractivity contribution in [3.8, 4) is 0 Å². The van der Waals surface area contributed by atoms with Gasteiger partial charge in [-0.15, -0.1) is 0 Å². The highest BCUT2D eigenvalue weighted by molar-refractivity contribution is 6.29. The number of hydrogen-bond acceptors (Lipinski definition) is 4. The van der Waals surface area contributed by atoms with Crippen molar-refractivity contribution in [1.82, 2.24) is 10.3 Å². The Bertz CT molecular complexity index is 417. The zero-order chi connectivity index (χ0) is 12.8. The number of nitrogens with zero attached hydrogens (tertiary/aromatic N) is 2. The summed E-state index contributed by atoms with van der Waals surface area (Å²) < 4.78 is 0. The van der Waals surface area contributed by atoms with Gasteiger partial charge in [0.1, 0.15) is 5.15 Å². The van der Waals surface area contributed by atoms with Crippen molar-refractivity contribution in [3.63, 3.8) is 0 Å². The molecule has 92 valence electrons. The average Bonchev–Trinajstić information content (AvgIpc) is 2.28. The van der Waals surface area contributed by atoms with Crippen molar-refractivity contribution in [3.05, 3.63) is 51.1 Å². The first-order chi connectivity index (χ1) is 8.04. The molecule has 1 heterocycles. The molecule has 0 fully saturated rings. The smallest absolute Gasteiger partial charge is 0.253 e. The third-order valence-corrected chi connectivity index (χ3v) is 2.57. The van der Waals surface area contributed by atoms with Gasteiger partial charge in [-0.3, -0.25) is 10.1 Å². The lowest BCUT2D eigenvalue weighted by molar-refractivity contribution is -0.404. The van der Waals surface area contributed by atoms with Crippen LogP contribution in [0.4, 0.5) is 0 Å². The van der Waals surface area contributed by atoms with Gasteiger partial charge in [0.05, 0.1) is 10.6 Å². The number of likely N-dealkylation sites (N-methyl/N-ethyl adjacent to an activating group) is 1. The fourth-order valence-corrected chi connectivity index (χ4v) is 1.56. The first-order valence-corrected chi connectivity index (χ1v) is 5.63. The molecule has 17 heavy (non-hydrogen) atoms. The molecule has 0 amide bonds. The van der Waals surface area contributed by atoms with Crippen LogP contribution in [0.1, 0.15) is 25.3 Å². The van der Waals surface area contributed by atoms with Crippen molar-refractivity contribution in [1.29, 1.82) is 0 Å². The molecule has 0 saturated heterocycles. The van der Waals surface area contributed by atoms with E-state index in [0.29, 0.717) is 17.4 Å². The van der Waals surface area contributed by atoms with Crippen LogP contribution in [0.5, 0.6) is 0 Å². The van der Waals surface area contributed by atoms with Gasteiger partial charge in [0.15, 0.2) is 0 Å². The molecule has 0 aliphatic carbocycles. The van der Waals surface area contributed by atoms with Crippen LogP contribution in [0, 0.1) is 10.1 Å². The Kier molecular flexibility index (Phi) is 4.90. The molecule has 1 aromatic heterocycles. The average molecular weight is 256 g/mol. The molecule has 0 aliphatic rings. The summed E-state index contributed by atoms with van der Waals surface area (Å²) in [5, 5.41) is 13.9. The number of pyridine rings is 1. The maximum atomic E-state index is 10.5. The van der Waals surface area contributed by atoms with Gasteiger partial charge >= 0.3 is 0 Å². The summed E-state index contributed by atoms with van der Waals surface area (Å²) in [5.74, 6) is -0.120. The maximum absolute atomic E-state index is 10.5. The number of halogens is 1. The lowest BCUT2D eigenvalue weighted by atomic mass is 10.00. The molecule has 0 aliphatic heterocycles. The molecule has 0 bridgehead atoms. The summed E-state index contributed by atoms with van der Waals surface area (Å²) in [5.41, 5.74) is 1.44. The van der Waals surface area contributed by atoms with Gasteiger partial charge in [-0.2, -0.15) is 0 Å². The summed E-state index contributed by atoms with van der Waals surface area (Å²) in [6, 6.07) is 3.48. The summed E-state index contributed by atoms with van der Waals surface area (Å²) in [6.07, 6.45) is 2.61. The highest BCUT2D eigenvalue weighted by Crippen LogP contribution is 2.22. The molecule has 1 atom stereocenters. The zero-order valence-corrected chi connectivity index (χ0v) is 10.4. The lowest BCUT2D eigenvalue weighted by Gasteiger charge is -2.14. The molecule has 0 saturated carbocycles. The zero-order valence-electron chi connectivity index (χ0n) is 9.68.